The first-order valence-corrected chi connectivity index (χ1v) is 8.34. The molecule has 136 valence electrons. The maximum Gasteiger partial charge on any atom is 0.231 e. The van der Waals surface area contributed by atoms with Crippen LogP contribution in [0.25, 0.3) is 11.0 Å². The monoisotopic (exact) mass is 373 g/mol. The predicted octanol–water partition coefficient (Wildman–Crippen LogP) is 2.24. The van der Waals surface area contributed by atoms with E-state index in [1.54, 1.807) is 6.20 Å². The molecule has 1 amide bonds. The summed E-state index contributed by atoms with van der Waals surface area (Å²) in [4.78, 5) is 18.9. The molecule has 0 aliphatic carbocycles. The Morgan fingerprint density at radius 1 is 1.19 bits per heavy atom. The Balaban J connectivity index is 0.00000196. The highest BCUT2D eigenvalue weighted by atomic mass is 35.5. The van der Waals surface area contributed by atoms with Crippen LogP contribution in [0.1, 0.15) is 5.69 Å². The van der Waals surface area contributed by atoms with E-state index in [-0.39, 0.29) is 24.7 Å². The number of halogens is 1. The van der Waals surface area contributed by atoms with E-state index in [0.717, 1.165) is 37.3 Å². The molecule has 8 heteroatoms. The average molecular weight is 374 g/mol. The minimum atomic E-state index is -0.165. The van der Waals surface area contributed by atoms with Crippen LogP contribution in [-0.4, -0.2) is 42.2 Å². The molecule has 1 aromatic carbocycles. The topological polar surface area (TPSA) is 83.3 Å². The van der Waals surface area contributed by atoms with E-state index in [4.69, 9.17) is 4.52 Å². The van der Waals surface area contributed by atoms with E-state index >= 15 is 0 Å². The number of fused-ring (bicyclic) bond motifs is 1. The van der Waals surface area contributed by atoms with E-state index < -0.39 is 0 Å². The zero-order valence-corrected chi connectivity index (χ0v) is 15.0. The van der Waals surface area contributed by atoms with Gasteiger partial charge in [0.2, 0.25) is 5.91 Å². The zero-order chi connectivity index (χ0) is 17.1. The summed E-state index contributed by atoms with van der Waals surface area (Å²) in [5, 5.41) is 11.0. The van der Waals surface area contributed by atoms with Gasteiger partial charge < -0.3 is 20.1 Å². The molecule has 0 spiro atoms. The number of nitrogens with one attached hydrogen (secondary N) is 2. The summed E-state index contributed by atoms with van der Waals surface area (Å²) < 4.78 is 5.23. The second kappa shape index (κ2) is 8.16. The molecular formula is C18H20ClN5O2. The normalized spacial score (nSPS) is 14.1. The van der Waals surface area contributed by atoms with E-state index in [0.29, 0.717) is 17.1 Å². The molecule has 1 fully saturated rings. The number of piperazine rings is 1. The Hall–Kier alpha value is -2.64. The van der Waals surface area contributed by atoms with Crippen LogP contribution >= 0.6 is 12.4 Å². The van der Waals surface area contributed by atoms with E-state index in [9.17, 15) is 4.79 Å². The number of benzene rings is 1. The highest BCUT2D eigenvalue weighted by molar-refractivity contribution is 5.94. The fourth-order valence-electron chi connectivity index (χ4n) is 2.97. The zero-order valence-electron chi connectivity index (χ0n) is 14.1. The SMILES string of the molecule is Cl.O=C(Cc1noc2ccccc12)Nc1ccc(N2CCNCC2)cn1. The molecule has 7 nitrogen and oxygen atoms in total. The van der Waals surface area contributed by atoms with Crippen molar-refractivity contribution in [2.24, 2.45) is 0 Å². The molecule has 1 aliphatic heterocycles. The standard InChI is InChI=1S/C18H19N5O2.ClH/c24-18(11-15-14-3-1-2-4-16(14)25-22-15)21-17-6-5-13(12-20-17)23-9-7-19-8-10-23;/h1-6,12,19H,7-11H2,(H,20,21,24);1H. The Labute approximate surface area is 157 Å². The van der Waals surface area contributed by atoms with Gasteiger partial charge in [-0.15, -0.1) is 12.4 Å². The smallest absolute Gasteiger partial charge is 0.231 e. The molecule has 26 heavy (non-hydrogen) atoms. The molecule has 1 saturated heterocycles. The van der Waals surface area contributed by atoms with Gasteiger partial charge in [-0.3, -0.25) is 4.79 Å². The van der Waals surface area contributed by atoms with Gasteiger partial charge in [0.1, 0.15) is 11.5 Å². The molecular weight excluding hydrogens is 354 g/mol. The number of nitrogens with zero attached hydrogens (tertiary/aromatic N) is 3. The fourth-order valence-corrected chi connectivity index (χ4v) is 2.97. The molecule has 3 aromatic rings. The summed E-state index contributed by atoms with van der Waals surface area (Å²) in [7, 11) is 0. The van der Waals surface area contributed by atoms with Crippen molar-refractivity contribution in [3.05, 3.63) is 48.3 Å². The van der Waals surface area contributed by atoms with E-state index in [1.165, 1.54) is 0 Å². The third-order valence-electron chi connectivity index (χ3n) is 4.28. The highest BCUT2D eigenvalue weighted by Gasteiger charge is 2.14. The van der Waals surface area contributed by atoms with Crippen molar-refractivity contribution in [2.45, 2.75) is 6.42 Å². The molecule has 1 aliphatic rings. The summed E-state index contributed by atoms with van der Waals surface area (Å²) >= 11 is 0. The lowest BCUT2D eigenvalue weighted by Gasteiger charge is -2.29. The van der Waals surface area contributed by atoms with Gasteiger partial charge in [-0.1, -0.05) is 17.3 Å². The van der Waals surface area contributed by atoms with Crippen LogP contribution in [0.15, 0.2) is 47.1 Å². The first-order chi connectivity index (χ1) is 12.3. The number of carbonyl (C=O) groups excluding carboxylic acids is 1. The van der Waals surface area contributed by atoms with Crippen LogP contribution in [0.5, 0.6) is 0 Å². The highest BCUT2D eigenvalue weighted by Crippen LogP contribution is 2.19. The van der Waals surface area contributed by atoms with Crippen LogP contribution < -0.4 is 15.5 Å². The number of hydrogen-bond donors (Lipinski definition) is 2. The van der Waals surface area contributed by atoms with E-state index in [2.05, 4.69) is 25.7 Å². The molecule has 0 unspecified atom stereocenters. The first kappa shape index (κ1) is 18.2. The van der Waals surface area contributed by atoms with Crippen molar-refractivity contribution in [3.8, 4) is 0 Å². The number of carbonyl (C=O) groups is 1. The van der Waals surface area contributed by atoms with Gasteiger partial charge in [0.25, 0.3) is 0 Å². The van der Waals surface area contributed by atoms with Gasteiger partial charge in [-0.05, 0) is 24.3 Å². The molecule has 0 bridgehead atoms. The number of anilines is 2. The van der Waals surface area contributed by atoms with Crippen molar-refractivity contribution in [3.63, 3.8) is 0 Å². The predicted molar refractivity (Wildman–Crippen MR) is 103 cm³/mol. The Kier molecular flexibility index (Phi) is 5.70. The van der Waals surface area contributed by atoms with Crippen LogP contribution in [0.4, 0.5) is 11.5 Å². The maximum atomic E-state index is 12.3. The molecule has 2 aromatic heterocycles. The lowest BCUT2D eigenvalue weighted by Crippen LogP contribution is -2.43. The second-order valence-corrected chi connectivity index (χ2v) is 5.99. The van der Waals surface area contributed by atoms with Crippen molar-refractivity contribution in [1.82, 2.24) is 15.5 Å². The number of pyridine rings is 1. The summed E-state index contributed by atoms with van der Waals surface area (Å²) in [5.74, 6) is 0.373. The summed E-state index contributed by atoms with van der Waals surface area (Å²) in [6, 6.07) is 11.3. The van der Waals surface area contributed by atoms with Gasteiger partial charge in [-0.25, -0.2) is 4.98 Å². The van der Waals surface area contributed by atoms with E-state index in [1.807, 2.05) is 36.4 Å². The van der Waals surface area contributed by atoms with Crippen LogP contribution in [0, 0.1) is 0 Å². The number of hydrogen-bond acceptors (Lipinski definition) is 6. The van der Waals surface area contributed by atoms with Gasteiger partial charge >= 0.3 is 0 Å². The maximum absolute atomic E-state index is 12.3. The second-order valence-electron chi connectivity index (χ2n) is 5.99. The first-order valence-electron chi connectivity index (χ1n) is 8.34. The number of para-hydroxylation sites is 1. The van der Waals surface area contributed by atoms with Gasteiger partial charge in [-0.2, -0.15) is 0 Å². The van der Waals surface area contributed by atoms with Crippen LogP contribution in [0.2, 0.25) is 0 Å². The third kappa shape index (κ3) is 3.95. The van der Waals surface area contributed by atoms with Crippen molar-refractivity contribution in [2.75, 3.05) is 36.4 Å². The van der Waals surface area contributed by atoms with Crippen molar-refractivity contribution < 1.29 is 9.32 Å². The Morgan fingerprint density at radius 3 is 2.77 bits per heavy atom. The van der Waals surface area contributed by atoms with Gasteiger partial charge in [0, 0.05) is 31.6 Å². The summed E-state index contributed by atoms with van der Waals surface area (Å²) in [6.45, 7) is 3.88. The Morgan fingerprint density at radius 2 is 2.00 bits per heavy atom. The van der Waals surface area contributed by atoms with Crippen molar-refractivity contribution in [1.29, 1.82) is 0 Å². The largest absolute Gasteiger partial charge is 0.368 e. The molecule has 2 N–H and O–H groups in total. The molecule has 0 saturated carbocycles. The quantitative estimate of drug-likeness (QED) is 0.729. The molecule has 4 rings (SSSR count). The average Bonchev–Trinajstić information content (AvgIpc) is 3.06. The molecule has 0 radical (unpaired) electrons. The Bertz CT molecular complexity index is 875. The number of aromatic nitrogens is 2. The molecule has 0 atom stereocenters. The van der Waals surface area contributed by atoms with Crippen LogP contribution in [-0.2, 0) is 11.2 Å². The van der Waals surface area contributed by atoms with Gasteiger partial charge in [0.05, 0.1) is 18.3 Å². The summed E-state index contributed by atoms with van der Waals surface area (Å²) in [6.07, 6.45) is 1.95. The lowest BCUT2D eigenvalue weighted by atomic mass is 10.1. The summed E-state index contributed by atoms with van der Waals surface area (Å²) in [5.41, 5.74) is 2.39. The number of amides is 1. The minimum absolute atomic E-state index is 0. The van der Waals surface area contributed by atoms with Crippen molar-refractivity contribution >= 4 is 40.8 Å². The van der Waals surface area contributed by atoms with Crippen LogP contribution in [0.3, 0.4) is 0 Å². The minimum Gasteiger partial charge on any atom is -0.368 e. The fraction of sp³-hybridized carbons (Fsp3) is 0.278. The third-order valence-corrected chi connectivity index (χ3v) is 4.28. The van der Waals surface area contributed by atoms with Gasteiger partial charge in [0.15, 0.2) is 5.58 Å². The lowest BCUT2D eigenvalue weighted by molar-refractivity contribution is -0.115. The number of rotatable bonds is 4. The molecule has 3 heterocycles.